The van der Waals surface area contributed by atoms with Crippen LogP contribution in [0.1, 0.15) is 5.56 Å². The van der Waals surface area contributed by atoms with E-state index in [1.54, 1.807) is 0 Å². The lowest BCUT2D eigenvalue weighted by atomic mass is 9.84. The molecular weight excluding hydrogens is 532 g/mol. The number of ether oxygens (including phenoxy) is 4. The molecule has 0 bridgehead atoms. The number of halogens is 1. The summed E-state index contributed by atoms with van der Waals surface area (Å²) in [7, 11) is 0. The van der Waals surface area contributed by atoms with Gasteiger partial charge in [0.15, 0.2) is 17.8 Å². The van der Waals surface area contributed by atoms with Gasteiger partial charge in [0, 0.05) is 12.0 Å². The summed E-state index contributed by atoms with van der Waals surface area (Å²) in [4.78, 5) is 12.6. The number of aliphatic hydroxyl groups is 6. The van der Waals surface area contributed by atoms with E-state index in [-0.39, 0.29) is 11.5 Å². The van der Waals surface area contributed by atoms with Crippen LogP contribution >= 0.6 is 11.6 Å². The number of hydrogen-bond donors (Lipinski definition) is 8. The molecule has 1 saturated heterocycles. The first-order chi connectivity index (χ1) is 18.0. The Balaban J connectivity index is 1.52. The topological polar surface area (TPSA) is 216 Å². The second-order valence-corrected chi connectivity index (χ2v) is 9.77. The summed E-state index contributed by atoms with van der Waals surface area (Å²) in [6.45, 7) is -1.58. The van der Waals surface area contributed by atoms with Gasteiger partial charge in [0.25, 0.3) is 0 Å². The Morgan fingerprint density at radius 1 is 1.08 bits per heavy atom. The first-order valence-electron chi connectivity index (χ1n) is 11.7. The van der Waals surface area contributed by atoms with Crippen molar-refractivity contribution in [1.29, 1.82) is 0 Å². The molecule has 11 atom stereocenters. The lowest BCUT2D eigenvalue weighted by Crippen LogP contribution is -2.61. The lowest BCUT2D eigenvalue weighted by Gasteiger charge is -2.43. The molecule has 0 spiro atoms. The van der Waals surface area contributed by atoms with Gasteiger partial charge in [-0.3, -0.25) is 0 Å². The van der Waals surface area contributed by atoms with Crippen LogP contribution in [0.5, 0.6) is 11.5 Å². The standard InChI is InChI=1S/C24H29ClO13/c25-21-20(37-15(30)4-2-10-1-3-12(28)13(29)7-10)11-5-6-35-22(16(11)24(21,34)9-27)38-23-19(33)18(32)17(31)14(8-26)36-23/h1-7,11,14,16-23,26-29,31-34H,8-9H2/b4-2+/t11-,14+,16-,17+,18-,19+,20-,21+,22-,23-,24+/m0/s1. The van der Waals surface area contributed by atoms with Crippen LogP contribution in [0.15, 0.2) is 36.6 Å². The molecule has 8 N–H and O–H groups in total. The number of benzene rings is 1. The molecule has 1 aromatic carbocycles. The summed E-state index contributed by atoms with van der Waals surface area (Å²) < 4.78 is 22.0. The van der Waals surface area contributed by atoms with E-state index < -0.39 is 85.1 Å². The SMILES string of the molecule is O=C(/C=C/c1ccc(O)c(O)c1)O[C@H]1[C@H]2C=CO[C@@H](O[C@@H]3O[C@H](CO)[C@@H](O)[C@H](O)[C@H]3O)[C@H]2[C@](O)(CO)[C@@H]1Cl. The normalized spacial score (nSPS) is 40.6. The fraction of sp³-hybridized carbons (Fsp3) is 0.542. The minimum Gasteiger partial charge on any atom is -0.504 e. The quantitative estimate of drug-likeness (QED) is 0.0807. The van der Waals surface area contributed by atoms with Crippen LogP contribution in [0.25, 0.3) is 6.08 Å². The van der Waals surface area contributed by atoms with Crippen LogP contribution in [0.2, 0.25) is 0 Å². The van der Waals surface area contributed by atoms with Gasteiger partial charge in [-0.15, -0.1) is 11.6 Å². The number of hydrogen-bond acceptors (Lipinski definition) is 13. The number of alkyl halides is 1. The van der Waals surface area contributed by atoms with Crippen molar-refractivity contribution in [2.45, 2.75) is 54.1 Å². The molecule has 38 heavy (non-hydrogen) atoms. The highest BCUT2D eigenvalue weighted by atomic mass is 35.5. The first-order valence-corrected chi connectivity index (χ1v) is 12.1. The van der Waals surface area contributed by atoms with Crippen LogP contribution in [0.4, 0.5) is 0 Å². The fourth-order valence-electron chi connectivity index (χ4n) is 4.89. The monoisotopic (exact) mass is 560 g/mol. The van der Waals surface area contributed by atoms with Gasteiger partial charge < -0.3 is 59.8 Å². The maximum Gasteiger partial charge on any atom is 0.331 e. The van der Waals surface area contributed by atoms with E-state index in [0.717, 1.165) is 6.08 Å². The molecule has 13 nitrogen and oxygen atoms in total. The highest BCUT2D eigenvalue weighted by Crippen LogP contribution is 2.50. The van der Waals surface area contributed by atoms with E-state index in [1.807, 2.05) is 0 Å². The van der Waals surface area contributed by atoms with E-state index in [4.69, 9.17) is 30.5 Å². The number of carbonyl (C=O) groups is 1. The molecule has 3 aliphatic rings. The highest BCUT2D eigenvalue weighted by Gasteiger charge is 2.65. The number of aromatic hydroxyl groups is 2. The van der Waals surface area contributed by atoms with Crippen molar-refractivity contribution in [3.05, 3.63) is 42.2 Å². The molecule has 210 valence electrons. The molecule has 2 heterocycles. The highest BCUT2D eigenvalue weighted by molar-refractivity contribution is 6.22. The predicted molar refractivity (Wildman–Crippen MR) is 126 cm³/mol. The van der Waals surface area contributed by atoms with Gasteiger partial charge in [-0.05, 0) is 29.8 Å². The minimum absolute atomic E-state index is 0.332. The minimum atomic E-state index is -2.10. The first kappa shape index (κ1) is 28.5. The number of carbonyl (C=O) groups excluding carboxylic acids is 1. The molecule has 0 aromatic heterocycles. The smallest absolute Gasteiger partial charge is 0.331 e. The maximum atomic E-state index is 12.6. The number of phenolic OH excluding ortho intramolecular Hbond substituents is 2. The average molecular weight is 561 g/mol. The van der Waals surface area contributed by atoms with Crippen molar-refractivity contribution in [2.75, 3.05) is 13.2 Å². The van der Waals surface area contributed by atoms with Gasteiger partial charge >= 0.3 is 5.97 Å². The predicted octanol–water partition coefficient (Wildman–Crippen LogP) is -1.71. The Morgan fingerprint density at radius 2 is 1.82 bits per heavy atom. The van der Waals surface area contributed by atoms with E-state index in [9.17, 15) is 45.6 Å². The third-order valence-corrected chi connectivity index (χ3v) is 7.60. The molecular formula is C24H29ClO13. The molecule has 0 amide bonds. The molecule has 0 radical (unpaired) electrons. The number of esters is 1. The lowest BCUT2D eigenvalue weighted by molar-refractivity contribution is -0.347. The van der Waals surface area contributed by atoms with Crippen molar-refractivity contribution < 1.29 is 64.6 Å². The van der Waals surface area contributed by atoms with Gasteiger partial charge in [-0.1, -0.05) is 6.07 Å². The Kier molecular flexibility index (Phi) is 8.52. The summed E-state index contributed by atoms with van der Waals surface area (Å²) in [5.41, 5.74) is -1.72. The zero-order chi connectivity index (χ0) is 27.8. The largest absolute Gasteiger partial charge is 0.504 e. The third kappa shape index (κ3) is 5.21. The second-order valence-electron chi connectivity index (χ2n) is 9.30. The zero-order valence-corrected chi connectivity index (χ0v) is 20.5. The third-order valence-electron chi connectivity index (χ3n) is 6.98. The summed E-state index contributed by atoms with van der Waals surface area (Å²) in [5.74, 6) is -3.57. The number of phenols is 2. The summed E-state index contributed by atoms with van der Waals surface area (Å²) in [6.07, 6.45) is -5.55. The summed E-state index contributed by atoms with van der Waals surface area (Å²) in [6, 6.07) is 3.91. The van der Waals surface area contributed by atoms with Crippen LogP contribution in [-0.2, 0) is 23.7 Å². The van der Waals surface area contributed by atoms with Crippen LogP contribution in [0.3, 0.4) is 0 Å². The van der Waals surface area contributed by atoms with Crippen LogP contribution in [-0.4, -0.2) is 114 Å². The summed E-state index contributed by atoms with van der Waals surface area (Å²) >= 11 is 6.48. The molecule has 1 aromatic rings. The fourth-order valence-corrected chi connectivity index (χ4v) is 5.32. The molecule has 1 aliphatic carbocycles. The zero-order valence-electron chi connectivity index (χ0n) is 19.7. The van der Waals surface area contributed by atoms with Gasteiger partial charge in [0.2, 0.25) is 6.29 Å². The average Bonchev–Trinajstić information content (AvgIpc) is 3.12. The number of rotatable bonds is 7. The van der Waals surface area contributed by atoms with Crippen molar-refractivity contribution in [3.63, 3.8) is 0 Å². The second kappa shape index (κ2) is 11.3. The Bertz CT molecular complexity index is 1060. The summed E-state index contributed by atoms with van der Waals surface area (Å²) in [5, 5.41) is 78.8. The van der Waals surface area contributed by atoms with Gasteiger partial charge in [0.05, 0.1) is 25.4 Å². The van der Waals surface area contributed by atoms with Crippen molar-refractivity contribution in [2.24, 2.45) is 11.8 Å². The molecule has 4 rings (SSSR count). The van der Waals surface area contributed by atoms with E-state index in [2.05, 4.69) is 0 Å². The van der Waals surface area contributed by atoms with Crippen molar-refractivity contribution >= 4 is 23.6 Å². The van der Waals surface area contributed by atoms with Gasteiger partial charge in [-0.25, -0.2) is 4.79 Å². The van der Waals surface area contributed by atoms with Crippen molar-refractivity contribution in [3.8, 4) is 11.5 Å². The van der Waals surface area contributed by atoms with Gasteiger partial charge in [0.1, 0.15) is 41.5 Å². The maximum absolute atomic E-state index is 12.6. The Labute approximate surface area is 221 Å². The van der Waals surface area contributed by atoms with Gasteiger partial charge in [-0.2, -0.15) is 0 Å². The van der Waals surface area contributed by atoms with E-state index in [1.165, 1.54) is 36.6 Å². The van der Waals surface area contributed by atoms with Crippen molar-refractivity contribution in [1.82, 2.24) is 0 Å². The molecule has 2 fully saturated rings. The van der Waals surface area contributed by atoms with Crippen LogP contribution in [0, 0.1) is 11.8 Å². The number of fused-ring (bicyclic) bond motifs is 1. The molecule has 1 saturated carbocycles. The van der Waals surface area contributed by atoms with E-state index >= 15 is 0 Å². The molecule has 2 aliphatic heterocycles. The Morgan fingerprint density at radius 3 is 2.47 bits per heavy atom. The molecule has 14 heteroatoms. The van der Waals surface area contributed by atoms with E-state index in [0.29, 0.717) is 5.56 Å². The molecule has 0 unspecified atom stereocenters. The Hall–Kier alpha value is -2.46. The van der Waals surface area contributed by atoms with Crippen LogP contribution < -0.4 is 0 Å². The number of aliphatic hydroxyl groups excluding tert-OH is 5.